The number of urea groups is 1. The number of carbonyl (C=O) groups is 3. The number of amides is 4. The van der Waals surface area contributed by atoms with E-state index >= 15 is 0 Å². The highest BCUT2D eigenvalue weighted by molar-refractivity contribution is 7.89. The van der Waals surface area contributed by atoms with Gasteiger partial charge in [-0.25, -0.2) is 17.5 Å². The lowest BCUT2D eigenvalue weighted by Crippen LogP contribution is -2.56. The summed E-state index contributed by atoms with van der Waals surface area (Å²) in [6.45, 7) is 6.45. The summed E-state index contributed by atoms with van der Waals surface area (Å²) in [5, 5.41) is 9.10. The fourth-order valence-corrected chi connectivity index (χ4v) is 8.22. The third kappa shape index (κ3) is 5.45. The Kier molecular flexibility index (Phi) is 7.78. The van der Waals surface area contributed by atoms with Crippen LogP contribution in [-0.4, -0.2) is 67.2 Å². The number of hydrogen-bond donors (Lipinski definition) is 3. The zero-order valence-corrected chi connectivity index (χ0v) is 24.0. The van der Waals surface area contributed by atoms with Gasteiger partial charge in [0.2, 0.25) is 15.9 Å². The van der Waals surface area contributed by atoms with E-state index in [9.17, 15) is 22.8 Å². The molecule has 5 rings (SSSR count). The maximum atomic E-state index is 13.2. The van der Waals surface area contributed by atoms with Crippen molar-refractivity contribution in [2.24, 2.45) is 11.8 Å². The van der Waals surface area contributed by atoms with Gasteiger partial charge in [-0.2, -0.15) is 0 Å². The number of anilines is 1. The summed E-state index contributed by atoms with van der Waals surface area (Å²) < 4.78 is 28.0. The van der Waals surface area contributed by atoms with E-state index in [2.05, 4.69) is 22.9 Å². The van der Waals surface area contributed by atoms with Crippen molar-refractivity contribution in [3.63, 3.8) is 0 Å². The molecule has 11 heteroatoms. The molecule has 1 saturated carbocycles. The van der Waals surface area contributed by atoms with Crippen LogP contribution >= 0.6 is 0 Å². The molecule has 3 N–H and O–H groups in total. The first-order valence-electron chi connectivity index (χ1n) is 14.3. The zero-order chi connectivity index (χ0) is 27.9. The predicted molar refractivity (Wildman–Crippen MR) is 148 cm³/mol. The summed E-state index contributed by atoms with van der Waals surface area (Å²) in [4.78, 5) is 38.4. The van der Waals surface area contributed by atoms with E-state index in [0.717, 1.165) is 29.9 Å². The fraction of sp³-hybridized carbons (Fsp3) is 0.679. The number of aryl methyl sites for hydroxylation is 2. The number of carbonyl (C=O) groups excluding carboxylic acids is 3. The second-order valence-electron chi connectivity index (χ2n) is 11.8. The molecular weight excluding hydrogens is 518 g/mol. The van der Waals surface area contributed by atoms with Gasteiger partial charge in [0.25, 0.3) is 5.91 Å². The third-order valence-corrected chi connectivity index (χ3v) is 11.4. The molecular formula is C28H41N5O5S. The highest BCUT2D eigenvalue weighted by atomic mass is 32.2. The van der Waals surface area contributed by atoms with E-state index in [0.29, 0.717) is 44.0 Å². The minimum absolute atomic E-state index is 0.0144. The molecule has 1 unspecified atom stereocenters. The zero-order valence-electron chi connectivity index (χ0n) is 23.2. The second kappa shape index (κ2) is 10.8. The molecule has 4 aliphatic rings. The quantitative estimate of drug-likeness (QED) is 0.440. The van der Waals surface area contributed by atoms with E-state index in [4.69, 9.17) is 0 Å². The molecule has 1 aromatic carbocycles. The van der Waals surface area contributed by atoms with Gasteiger partial charge >= 0.3 is 6.03 Å². The van der Waals surface area contributed by atoms with Crippen molar-refractivity contribution in [3.8, 4) is 0 Å². The molecule has 1 aliphatic carbocycles. The van der Waals surface area contributed by atoms with Crippen LogP contribution in [0.25, 0.3) is 0 Å². The molecule has 214 valence electrons. The van der Waals surface area contributed by atoms with Gasteiger partial charge < -0.3 is 5.32 Å². The van der Waals surface area contributed by atoms with Crippen LogP contribution in [0, 0.1) is 18.8 Å². The molecule has 1 aromatic rings. The number of hydrogen-bond acceptors (Lipinski definition) is 6. The molecule has 0 bridgehead atoms. The predicted octanol–water partition coefficient (Wildman–Crippen LogP) is 2.41. The maximum Gasteiger partial charge on any atom is 0.329 e. The molecule has 3 heterocycles. The van der Waals surface area contributed by atoms with Crippen molar-refractivity contribution >= 4 is 33.6 Å². The smallest absolute Gasteiger partial charge is 0.329 e. The van der Waals surface area contributed by atoms with E-state index in [1.54, 1.807) is 13.0 Å². The first kappa shape index (κ1) is 28.0. The Morgan fingerprint density at radius 2 is 1.74 bits per heavy atom. The summed E-state index contributed by atoms with van der Waals surface area (Å²) in [5.41, 5.74) is 1.68. The van der Waals surface area contributed by atoms with Crippen LogP contribution in [0.4, 0.5) is 10.5 Å². The highest BCUT2D eigenvalue weighted by Crippen LogP contribution is 2.36. The average Bonchev–Trinajstić information content (AvgIpc) is 3.37. The standard InChI is InChI=1S/C28H41N5O5S/c1-4-20-5-7-22(8-6-20)24-29-26(35)28(31-24)12-14-32(15-13-28)39(37,38)16-11-21-9-10-23(17-18(21)2)33-19(3)25(34)30-27(33)36/h9-10,17,19-20,22,24,31H,4-8,11-16H2,1-3H3,(H,29,35)(H,30,34,36)/t19?,20?,22?,24-/m1/s1. The number of imide groups is 1. The summed E-state index contributed by atoms with van der Waals surface area (Å²) in [6.07, 6.45) is 7.16. The summed E-state index contributed by atoms with van der Waals surface area (Å²) in [7, 11) is -3.50. The van der Waals surface area contributed by atoms with Crippen molar-refractivity contribution in [1.82, 2.24) is 20.3 Å². The van der Waals surface area contributed by atoms with Crippen LogP contribution in [0.3, 0.4) is 0 Å². The van der Waals surface area contributed by atoms with E-state index in [1.165, 1.54) is 28.5 Å². The minimum atomic E-state index is -3.50. The van der Waals surface area contributed by atoms with Crippen molar-refractivity contribution in [2.75, 3.05) is 23.7 Å². The van der Waals surface area contributed by atoms with E-state index < -0.39 is 27.6 Å². The first-order chi connectivity index (χ1) is 18.5. The molecule has 2 atom stereocenters. The minimum Gasteiger partial charge on any atom is -0.339 e. The van der Waals surface area contributed by atoms with Crippen LogP contribution in [0.15, 0.2) is 18.2 Å². The molecule has 0 radical (unpaired) electrons. The van der Waals surface area contributed by atoms with Crippen LogP contribution in [-0.2, 0) is 26.0 Å². The van der Waals surface area contributed by atoms with Gasteiger partial charge in [0.1, 0.15) is 11.6 Å². The van der Waals surface area contributed by atoms with Crippen molar-refractivity contribution in [3.05, 3.63) is 29.3 Å². The van der Waals surface area contributed by atoms with Crippen LogP contribution in [0.2, 0.25) is 0 Å². The Balaban J connectivity index is 1.16. The van der Waals surface area contributed by atoms with E-state index in [-0.39, 0.29) is 23.7 Å². The molecule has 10 nitrogen and oxygen atoms in total. The van der Waals surface area contributed by atoms with Gasteiger partial charge in [0, 0.05) is 18.8 Å². The Labute approximate surface area is 231 Å². The topological polar surface area (TPSA) is 128 Å². The van der Waals surface area contributed by atoms with Crippen LogP contribution in [0.5, 0.6) is 0 Å². The number of benzene rings is 1. The van der Waals surface area contributed by atoms with E-state index in [1.807, 2.05) is 19.1 Å². The lowest BCUT2D eigenvalue weighted by molar-refractivity contribution is -0.125. The molecule has 4 amide bonds. The average molecular weight is 560 g/mol. The summed E-state index contributed by atoms with van der Waals surface area (Å²) in [5.74, 6) is 0.887. The molecule has 4 fully saturated rings. The highest BCUT2D eigenvalue weighted by Gasteiger charge is 2.50. The number of rotatable bonds is 7. The summed E-state index contributed by atoms with van der Waals surface area (Å²) >= 11 is 0. The normalized spacial score (nSPS) is 29.6. The summed E-state index contributed by atoms with van der Waals surface area (Å²) in [6, 6.07) is 4.36. The molecule has 3 saturated heterocycles. The second-order valence-corrected chi connectivity index (χ2v) is 13.9. The van der Waals surface area contributed by atoms with Crippen molar-refractivity contribution in [1.29, 1.82) is 0 Å². The van der Waals surface area contributed by atoms with Crippen LogP contribution in [0.1, 0.15) is 69.9 Å². The molecule has 39 heavy (non-hydrogen) atoms. The fourth-order valence-electron chi connectivity index (χ4n) is 6.74. The monoisotopic (exact) mass is 559 g/mol. The number of nitrogens with zero attached hydrogens (tertiary/aromatic N) is 2. The third-order valence-electron chi connectivity index (χ3n) is 9.51. The van der Waals surface area contributed by atoms with Gasteiger partial charge in [-0.1, -0.05) is 32.3 Å². The SMILES string of the molecule is CCC1CCC([C@@H]2NC(=O)C3(CCN(S(=O)(=O)CCc4ccc(N5C(=O)NC(=O)C5C)cc4C)CC3)N2)CC1. The Hall–Kier alpha value is -2.50. The Morgan fingerprint density at radius 3 is 2.33 bits per heavy atom. The number of piperidine rings is 1. The number of sulfonamides is 1. The van der Waals surface area contributed by atoms with Gasteiger partial charge in [-0.3, -0.25) is 25.1 Å². The maximum absolute atomic E-state index is 13.2. The Morgan fingerprint density at radius 1 is 1.05 bits per heavy atom. The van der Waals surface area contributed by atoms with Crippen molar-refractivity contribution < 1.29 is 22.8 Å². The van der Waals surface area contributed by atoms with Crippen LogP contribution < -0.4 is 20.9 Å². The largest absolute Gasteiger partial charge is 0.339 e. The Bertz CT molecular complexity index is 1230. The van der Waals surface area contributed by atoms with Gasteiger partial charge in [0.05, 0.1) is 11.9 Å². The van der Waals surface area contributed by atoms with Gasteiger partial charge in [-0.05, 0) is 81.0 Å². The lowest BCUT2D eigenvalue weighted by atomic mass is 9.79. The molecule has 3 aliphatic heterocycles. The molecule has 1 spiro atoms. The first-order valence-corrected chi connectivity index (χ1v) is 15.9. The van der Waals surface area contributed by atoms with Gasteiger partial charge in [0.15, 0.2) is 0 Å². The number of nitrogens with one attached hydrogen (secondary N) is 3. The van der Waals surface area contributed by atoms with Crippen molar-refractivity contribution in [2.45, 2.75) is 89.9 Å². The lowest BCUT2D eigenvalue weighted by Gasteiger charge is -2.38. The molecule has 0 aromatic heterocycles. The van der Waals surface area contributed by atoms with Gasteiger partial charge in [-0.15, -0.1) is 0 Å².